The Labute approximate surface area is 183 Å². The van der Waals surface area contributed by atoms with Crippen LogP contribution >= 0.6 is 0 Å². The maximum absolute atomic E-state index is 12.8. The molecule has 0 aliphatic carbocycles. The number of benzene rings is 2. The maximum Gasteiger partial charge on any atom is 0.312 e. The van der Waals surface area contributed by atoms with Crippen molar-refractivity contribution in [2.45, 2.75) is 38.3 Å². The van der Waals surface area contributed by atoms with Crippen molar-refractivity contribution in [2.24, 2.45) is 0 Å². The second-order valence-corrected chi connectivity index (χ2v) is 8.31. The number of carbonyl (C=O) groups excluding carboxylic acids is 3. The molecule has 2 saturated heterocycles. The van der Waals surface area contributed by atoms with E-state index in [1.807, 2.05) is 65.6 Å². The average molecular weight is 420 g/mol. The van der Waals surface area contributed by atoms with E-state index in [9.17, 15) is 14.4 Å². The lowest BCUT2D eigenvalue weighted by Gasteiger charge is -2.42. The zero-order chi connectivity index (χ0) is 21.6. The largest absolute Gasteiger partial charge is 0.343 e. The molecular weight excluding hydrogens is 390 g/mol. The first-order chi connectivity index (χ1) is 15.1. The molecule has 3 amide bonds. The highest BCUT2D eigenvalue weighted by atomic mass is 16.2. The van der Waals surface area contributed by atoms with Gasteiger partial charge in [0.2, 0.25) is 5.91 Å². The number of piperazine rings is 1. The fourth-order valence-electron chi connectivity index (χ4n) is 4.47. The SMILES string of the molecule is O=C(CCc1ccccc1)N1CCC(N2CCN(Cc3ccccc3)C(=O)C2=O)CC1. The summed E-state index contributed by atoms with van der Waals surface area (Å²) in [5.74, 6) is -0.662. The minimum Gasteiger partial charge on any atom is -0.343 e. The van der Waals surface area contributed by atoms with E-state index in [0.717, 1.165) is 24.8 Å². The van der Waals surface area contributed by atoms with Crippen LogP contribution in [0, 0.1) is 0 Å². The van der Waals surface area contributed by atoms with Crippen molar-refractivity contribution in [3.8, 4) is 0 Å². The number of aryl methyl sites for hydroxylation is 1. The Morgan fingerprint density at radius 1 is 0.774 bits per heavy atom. The van der Waals surface area contributed by atoms with Gasteiger partial charge >= 0.3 is 11.8 Å². The minimum absolute atomic E-state index is 0.0356. The van der Waals surface area contributed by atoms with Gasteiger partial charge in [0.05, 0.1) is 0 Å². The first-order valence-electron chi connectivity index (χ1n) is 11.1. The third-order valence-electron chi connectivity index (χ3n) is 6.29. The van der Waals surface area contributed by atoms with Gasteiger partial charge in [-0.05, 0) is 30.4 Å². The molecule has 0 N–H and O–H groups in total. The predicted octanol–water partition coefficient (Wildman–Crippen LogP) is 2.48. The molecule has 0 atom stereocenters. The quantitative estimate of drug-likeness (QED) is 0.676. The highest BCUT2D eigenvalue weighted by Crippen LogP contribution is 2.21. The molecule has 2 fully saturated rings. The lowest BCUT2D eigenvalue weighted by molar-refractivity contribution is -0.159. The molecule has 0 saturated carbocycles. The van der Waals surface area contributed by atoms with Crippen LogP contribution in [0.25, 0.3) is 0 Å². The van der Waals surface area contributed by atoms with Crippen LogP contribution < -0.4 is 0 Å². The van der Waals surface area contributed by atoms with Crippen molar-refractivity contribution in [1.29, 1.82) is 0 Å². The van der Waals surface area contributed by atoms with Gasteiger partial charge in [-0.3, -0.25) is 14.4 Å². The molecule has 2 heterocycles. The van der Waals surface area contributed by atoms with Crippen molar-refractivity contribution in [3.05, 3.63) is 71.8 Å². The Bertz CT molecular complexity index is 908. The van der Waals surface area contributed by atoms with E-state index in [2.05, 4.69) is 0 Å². The van der Waals surface area contributed by atoms with E-state index in [4.69, 9.17) is 0 Å². The van der Waals surface area contributed by atoms with E-state index in [0.29, 0.717) is 39.1 Å². The van der Waals surface area contributed by atoms with Crippen LogP contribution in [-0.2, 0) is 27.3 Å². The van der Waals surface area contributed by atoms with Crippen LogP contribution in [0.15, 0.2) is 60.7 Å². The predicted molar refractivity (Wildman–Crippen MR) is 118 cm³/mol. The fourth-order valence-corrected chi connectivity index (χ4v) is 4.47. The molecule has 0 bridgehead atoms. The van der Waals surface area contributed by atoms with Crippen molar-refractivity contribution < 1.29 is 14.4 Å². The second kappa shape index (κ2) is 9.77. The summed E-state index contributed by atoms with van der Waals surface area (Å²) in [6.07, 6.45) is 2.71. The summed E-state index contributed by atoms with van der Waals surface area (Å²) < 4.78 is 0. The van der Waals surface area contributed by atoms with Crippen molar-refractivity contribution in [3.63, 3.8) is 0 Å². The first kappa shape index (κ1) is 21.1. The van der Waals surface area contributed by atoms with Crippen LogP contribution in [0.3, 0.4) is 0 Å². The number of hydrogen-bond donors (Lipinski definition) is 0. The van der Waals surface area contributed by atoms with Crippen LogP contribution in [0.1, 0.15) is 30.4 Å². The molecule has 162 valence electrons. The molecule has 4 rings (SSSR count). The van der Waals surface area contributed by atoms with Gasteiger partial charge < -0.3 is 14.7 Å². The highest BCUT2D eigenvalue weighted by molar-refractivity contribution is 6.35. The molecule has 0 aromatic heterocycles. The highest BCUT2D eigenvalue weighted by Gasteiger charge is 2.37. The molecule has 6 heteroatoms. The first-order valence-corrected chi connectivity index (χ1v) is 11.1. The Balaban J connectivity index is 1.25. The van der Waals surface area contributed by atoms with Crippen LogP contribution in [-0.4, -0.2) is 64.6 Å². The van der Waals surface area contributed by atoms with Gasteiger partial charge in [0.15, 0.2) is 0 Å². The van der Waals surface area contributed by atoms with E-state index in [1.54, 1.807) is 9.80 Å². The summed E-state index contributed by atoms with van der Waals surface area (Å²) in [4.78, 5) is 43.2. The summed E-state index contributed by atoms with van der Waals surface area (Å²) >= 11 is 0. The maximum atomic E-state index is 12.8. The molecule has 2 aromatic rings. The number of carbonyl (C=O) groups is 3. The summed E-state index contributed by atoms with van der Waals surface area (Å²) in [5, 5.41) is 0. The van der Waals surface area contributed by atoms with Crippen LogP contribution in [0.5, 0.6) is 0 Å². The molecular formula is C25H29N3O3. The molecule has 2 aliphatic heterocycles. The zero-order valence-electron chi connectivity index (χ0n) is 17.8. The number of rotatable bonds is 6. The summed E-state index contributed by atoms with van der Waals surface area (Å²) in [6, 6.07) is 19.8. The van der Waals surface area contributed by atoms with Gasteiger partial charge in [-0.1, -0.05) is 60.7 Å². The van der Waals surface area contributed by atoms with Crippen molar-refractivity contribution >= 4 is 17.7 Å². The third-order valence-corrected chi connectivity index (χ3v) is 6.29. The summed E-state index contributed by atoms with van der Waals surface area (Å²) in [7, 11) is 0. The third kappa shape index (κ3) is 5.13. The molecule has 0 unspecified atom stereocenters. The monoisotopic (exact) mass is 419 g/mol. The topological polar surface area (TPSA) is 60.9 Å². The lowest BCUT2D eigenvalue weighted by atomic mass is 10.0. The van der Waals surface area contributed by atoms with Crippen molar-refractivity contribution in [1.82, 2.24) is 14.7 Å². The number of amides is 3. The van der Waals surface area contributed by atoms with Gasteiger partial charge in [-0.15, -0.1) is 0 Å². The van der Waals surface area contributed by atoms with Gasteiger partial charge in [-0.25, -0.2) is 0 Å². The number of piperidine rings is 1. The van der Waals surface area contributed by atoms with E-state index in [1.165, 1.54) is 5.56 Å². The van der Waals surface area contributed by atoms with E-state index < -0.39 is 11.8 Å². The average Bonchev–Trinajstić information content (AvgIpc) is 2.82. The number of likely N-dealkylation sites (tertiary alicyclic amines) is 1. The smallest absolute Gasteiger partial charge is 0.312 e. The van der Waals surface area contributed by atoms with Gasteiger partial charge in [0.25, 0.3) is 0 Å². The minimum atomic E-state index is -0.420. The Kier molecular flexibility index (Phi) is 6.65. The molecule has 6 nitrogen and oxygen atoms in total. The summed E-state index contributed by atoms with van der Waals surface area (Å²) in [6.45, 7) is 2.86. The molecule has 0 radical (unpaired) electrons. The lowest BCUT2D eigenvalue weighted by Crippen LogP contribution is -2.59. The van der Waals surface area contributed by atoms with Crippen LogP contribution in [0.4, 0.5) is 0 Å². The van der Waals surface area contributed by atoms with Gasteiger partial charge in [0.1, 0.15) is 0 Å². The van der Waals surface area contributed by atoms with E-state index >= 15 is 0 Å². The van der Waals surface area contributed by atoms with Gasteiger partial charge in [0, 0.05) is 45.2 Å². The van der Waals surface area contributed by atoms with E-state index in [-0.39, 0.29) is 11.9 Å². The van der Waals surface area contributed by atoms with Crippen LogP contribution in [0.2, 0.25) is 0 Å². The van der Waals surface area contributed by atoms with Gasteiger partial charge in [-0.2, -0.15) is 0 Å². The molecule has 2 aliphatic rings. The second-order valence-electron chi connectivity index (χ2n) is 8.31. The molecule has 31 heavy (non-hydrogen) atoms. The number of nitrogens with zero attached hydrogens (tertiary/aromatic N) is 3. The Hall–Kier alpha value is -3.15. The summed E-state index contributed by atoms with van der Waals surface area (Å²) in [5.41, 5.74) is 2.20. The normalized spacial score (nSPS) is 17.9. The molecule has 0 spiro atoms. The Morgan fingerprint density at radius 3 is 2.03 bits per heavy atom. The van der Waals surface area contributed by atoms with Crippen molar-refractivity contribution in [2.75, 3.05) is 26.2 Å². The number of hydrogen-bond acceptors (Lipinski definition) is 3. The Morgan fingerprint density at radius 2 is 1.39 bits per heavy atom. The molecule has 2 aromatic carbocycles. The zero-order valence-corrected chi connectivity index (χ0v) is 17.8. The standard InChI is InChI=1S/C25H29N3O3/c29-23(12-11-20-7-3-1-4-8-20)26-15-13-22(14-16-26)28-18-17-27(24(30)25(28)31)19-21-9-5-2-6-10-21/h1-10,22H,11-19H2. The fraction of sp³-hybridized carbons (Fsp3) is 0.400.